The minimum atomic E-state index is -2.48. The number of nitrogens with one attached hydrogen (secondary N) is 1. The van der Waals surface area contributed by atoms with E-state index in [-0.39, 0.29) is 42.6 Å². The topological polar surface area (TPSA) is 240 Å². The van der Waals surface area contributed by atoms with E-state index in [1.54, 1.807) is 66.7 Å². The van der Waals surface area contributed by atoms with E-state index >= 15 is 9.59 Å². The summed E-state index contributed by atoms with van der Waals surface area (Å²) in [4.78, 5) is 101. The van der Waals surface area contributed by atoms with Gasteiger partial charge in [0.25, 0.3) is 0 Å². The Bertz CT molecular complexity index is 2760. The molecule has 1 aromatic rings. The number of rotatable bonds is 24. The number of ketones is 1. The molecule has 2 amide bonds. The van der Waals surface area contributed by atoms with Crippen molar-refractivity contribution in [1.82, 2.24) is 10.2 Å². The number of alkyl carbamates (subject to hydrolysis) is 1. The minimum absolute atomic E-state index is 0.0464. The summed E-state index contributed by atoms with van der Waals surface area (Å²) < 4.78 is 42.7. The monoisotopic (exact) mass is 1170 g/mol. The van der Waals surface area contributed by atoms with Gasteiger partial charge in [-0.05, 0) is 117 Å². The number of benzene rings is 1. The Kier molecular flexibility index (Phi) is 24.1. The Morgan fingerprint density at radius 2 is 1.38 bits per heavy atom. The van der Waals surface area contributed by atoms with Crippen LogP contribution in [0.15, 0.2) is 126 Å². The van der Waals surface area contributed by atoms with Gasteiger partial charge in [0.1, 0.15) is 29.5 Å². The van der Waals surface area contributed by atoms with Crippen LogP contribution in [0.4, 0.5) is 9.59 Å². The molecule has 1 aromatic carbocycles. The number of hydrogen-bond acceptors (Lipinski definition) is 16. The van der Waals surface area contributed by atoms with E-state index in [2.05, 4.69) is 60.8 Å². The minimum Gasteiger partial charge on any atom is -0.455 e. The fourth-order valence-corrected chi connectivity index (χ4v) is 11.6. The van der Waals surface area contributed by atoms with Crippen molar-refractivity contribution in [2.45, 2.75) is 200 Å². The third-order valence-electron chi connectivity index (χ3n) is 15.9. The lowest BCUT2D eigenvalue weighted by Gasteiger charge is -2.67. The van der Waals surface area contributed by atoms with Gasteiger partial charge in [0.05, 0.1) is 35.6 Å². The molecule has 84 heavy (non-hydrogen) atoms. The number of ether oxygens (including phenoxy) is 7. The molecule has 3 fully saturated rings. The number of Topliss-reactive ketones (excluding diaryl/α,β-unsaturated/α-hetero) is 1. The maximum Gasteiger partial charge on any atom is 0.410 e. The van der Waals surface area contributed by atoms with Gasteiger partial charge in [0.15, 0.2) is 17.5 Å². The van der Waals surface area contributed by atoms with Gasteiger partial charge in [0.2, 0.25) is 6.10 Å². The molecule has 1 aliphatic heterocycles. The highest BCUT2D eigenvalue weighted by molar-refractivity contribution is 5.96. The van der Waals surface area contributed by atoms with Crippen molar-refractivity contribution in [2.24, 2.45) is 16.7 Å². The Morgan fingerprint density at radius 1 is 0.821 bits per heavy atom. The highest BCUT2D eigenvalue weighted by atomic mass is 16.6. The normalized spacial score (nSPS) is 27.3. The Morgan fingerprint density at radius 3 is 1.88 bits per heavy atom. The molecular formula is C66H90N2O16. The molecule has 3 aliphatic carbocycles. The van der Waals surface area contributed by atoms with Crippen LogP contribution in [0.25, 0.3) is 0 Å². The van der Waals surface area contributed by atoms with Gasteiger partial charge in [-0.1, -0.05) is 124 Å². The molecule has 2 saturated carbocycles. The quantitative estimate of drug-likeness (QED) is 0.0495. The molecular weight excluding hydrogens is 1080 g/mol. The summed E-state index contributed by atoms with van der Waals surface area (Å²) in [7, 11) is 2.79. The first-order valence-corrected chi connectivity index (χ1v) is 29.1. The van der Waals surface area contributed by atoms with E-state index in [9.17, 15) is 34.2 Å². The summed E-state index contributed by atoms with van der Waals surface area (Å²) in [5.41, 5.74) is -8.44. The van der Waals surface area contributed by atoms with Crippen LogP contribution in [0.1, 0.15) is 151 Å². The van der Waals surface area contributed by atoms with Crippen LogP contribution in [-0.2, 0) is 52.3 Å². The van der Waals surface area contributed by atoms with Crippen molar-refractivity contribution in [3.05, 3.63) is 132 Å². The van der Waals surface area contributed by atoms with E-state index in [0.29, 0.717) is 12.0 Å². The maximum atomic E-state index is 16.0. The number of hydrogen-bond donors (Lipinski definition) is 3. The zero-order valence-corrected chi connectivity index (χ0v) is 51.3. The predicted octanol–water partition coefficient (Wildman–Crippen LogP) is 10.6. The summed E-state index contributed by atoms with van der Waals surface area (Å²) in [6.45, 7) is 17.3. The number of amides is 2. The number of nitrogens with zero attached hydrogens (tertiary/aromatic N) is 1. The molecule has 0 radical (unpaired) electrons. The number of aliphatic hydroxyl groups excluding tert-OH is 1. The number of esters is 4. The fraction of sp³-hybridized carbons (Fsp3) is 0.561. The smallest absolute Gasteiger partial charge is 0.410 e. The summed E-state index contributed by atoms with van der Waals surface area (Å²) in [6.07, 6.45) is 18.8. The zero-order chi connectivity index (χ0) is 62.2. The average Bonchev–Trinajstić information content (AvgIpc) is 0.677. The van der Waals surface area contributed by atoms with Crippen molar-refractivity contribution in [3.8, 4) is 0 Å². The summed E-state index contributed by atoms with van der Waals surface area (Å²) in [6, 6.07) is 6.44. The van der Waals surface area contributed by atoms with Crippen molar-refractivity contribution in [3.63, 3.8) is 0 Å². The molecule has 2 bridgehead atoms. The molecule has 460 valence electrons. The van der Waals surface area contributed by atoms with E-state index in [0.717, 1.165) is 43.9 Å². The maximum absolute atomic E-state index is 16.0. The predicted molar refractivity (Wildman–Crippen MR) is 317 cm³/mol. The van der Waals surface area contributed by atoms with E-state index < -0.39 is 124 Å². The van der Waals surface area contributed by atoms with Gasteiger partial charge in [-0.3, -0.25) is 14.4 Å². The van der Waals surface area contributed by atoms with Crippen molar-refractivity contribution in [2.75, 3.05) is 20.7 Å². The highest BCUT2D eigenvalue weighted by Crippen LogP contribution is 2.64. The van der Waals surface area contributed by atoms with Crippen LogP contribution < -0.4 is 5.32 Å². The van der Waals surface area contributed by atoms with Crippen LogP contribution in [0.5, 0.6) is 0 Å². The first-order valence-electron chi connectivity index (χ1n) is 29.1. The highest BCUT2D eigenvalue weighted by Gasteiger charge is 2.78. The first kappa shape index (κ1) is 67.9. The SMILES string of the molecule is CC/C=C\C/C=C\C/C=C\C/C=C\C/C=C\C/C=C/CCC(=O)O[C@@H](C(=O)O[C@H]1C[C@@]2(O)[C@@H](OC(=O)c3ccccc3)C3[C@](C)(C(=O)[C@H](OC(=O)N(C)C)C(=C1C)C2(C)C)[C@@H](O)C[C@H]1OC[C@@]31OC(C)=O)[C@H](C=C(C)C)NC(=O)OC(C)(C)C. The van der Waals surface area contributed by atoms with E-state index in [1.165, 1.54) is 46.2 Å². The van der Waals surface area contributed by atoms with Crippen molar-refractivity contribution >= 4 is 41.8 Å². The Labute approximate surface area is 496 Å². The molecule has 3 N–H and O–H groups in total. The molecule has 5 rings (SSSR count). The lowest BCUT2D eigenvalue weighted by molar-refractivity contribution is -0.345. The van der Waals surface area contributed by atoms with Crippen LogP contribution in [-0.4, -0.2) is 137 Å². The van der Waals surface area contributed by atoms with Crippen LogP contribution in [0, 0.1) is 16.7 Å². The lowest BCUT2D eigenvalue weighted by atomic mass is 9.44. The fourth-order valence-electron chi connectivity index (χ4n) is 11.6. The number of carbonyl (C=O) groups is 7. The van der Waals surface area contributed by atoms with E-state index in [4.69, 9.17) is 33.2 Å². The molecule has 1 saturated heterocycles. The number of fused-ring (bicyclic) bond motifs is 5. The van der Waals surface area contributed by atoms with Gasteiger partial charge >= 0.3 is 36.1 Å². The number of aliphatic hydroxyl groups is 2. The van der Waals surface area contributed by atoms with Crippen molar-refractivity contribution < 1.29 is 76.9 Å². The molecule has 4 aliphatic rings. The summed E-state index contributed by atoms with van der Waals surface area (Å²) >= 11 is 0. The molecule has 1 unspecified atom stereocenters. The number of carbonyl (C=O) groups excluding carboxylic acids is 7. The van der Waals surface area contributed by atoms with Gasteiger partial charge in [-0.15, -0.1) is 0 Å². The zero-order valence-electron chi connectivity index (χ0n) is 51.3. The largest absolute Gasteiger partial charge is 0.455 e. The second-order valence-electron chi connectivity index (χ2n) is 24.1. The molecule has 0 spiro atoms. The van der Waals surface area contributed by atoms with Crippen LogP contribution >= 0.6 is 0 Å². The number of allylic oxidation sites excluding steroid dienone is 13. The van der Waals surface area contributed by atoms with Crippen LogP contribution in [0.2, 0.25) is 0 Å². The standard InChI is InChI=1S/C66H90N2O16/c1-14-15-16-17-18-19-20-21-22-23-24-25-26-27-28-29-30-31-35-38-51(71)80-53(47(39-43(2)3)67-60(75)84-62(6,7)8)59(74)79-48-41-66(77)57(82-58(73)46-36-33-32-34-37-46)55-64(11,49(70)40-50-65(55,42-78-50)83-45(5)69)56(72)54(81-61(76)68(12)13)52(44(48)4)63(66,9)10/h15-16,18-19,21-22,24-25,27-28,30-34,36-37,39,47-50,53-55,57,70,77H,14,17,20,23,26,29,35,38,40-42H2,1-13H3,(H,67,75)/b16-15-,19-18-,22-21-,25-24-,28-27-,31-30+/t47-,48-,49-,50+,53+,54+,55?,57-,64+,65-,66+/m0/s1. The second kappa shape index (κ2) is 29.8. The molecule has 1 heterocycles. The second-order valence-corrected chi connectivity index (χ2v) is 24.1. The summed E-state index contributed by atoms with van der Waals surface area (Å²) in [5.74, 6) is -6.30. The average molecular weight is 1170 g/mol. The first-order chi connectivity index (χ1) is 39.5. The summed E-state index contributed by atoms with van der Waals surface area (Å²) in [5, 5.41) is 29.0. The van der Waals surface area contributed by atoms with Gasteiger partial charge in [0, 0.05) is 45.7 Å². The molecule has 0 aromatic heterocycles. The third-order valence-corrected chi connectivity index (χ3v) is 15.9. The molecule has 18 nitrogen and oxygen atoms in total. The van der Waals surface area contributed by atoms with Crippen molar-refractivity contribution in [1.29, 1.82) is 0 Å². The van der Waals surface area contributed by atoms with Gasteiger partial charge in [-0.25, -0.2) is 19.2 Å². The van der Waals surface area contributed by atoms with Gasteiger partial charge in [-0.2, -0.15) is 0 Å². The van der Waals surface area contributed by atoms with Crippen LogP contribution in [0.3, 0.4) is 0 Å². The Balaban J connectivity index is 1.52. The molecule has 18 heteroatoms. The lowest BCUT2D eigenvalue weighted by Crippen LogP contribution is -2.82. The molecule has 11 atom stereocenters. The Hall–Kier alpha value is -6.89. The van der Waals surface area contributed by atoms with E-state index in [1.807, 2.05) is 24.3 Å². The third kappa shape index (κ3) is 16.5. The van der Waals surface area contributed by atoms with Gasteiger partial charge < -0.3 is 53.6 Å².